The molecule has 0 spiro atoms. The zero-order valence-corrected chi connectivity index (χ0v) is 10.4. The van der Waals surface area contributed by atoms with Crippen LogP contribution in [-0.2, 0) is 7.05 Å². The predicted molar refractivity (Wildman–Crippen MR) is 67.3 cm³/mol. The van der Waals surface area contributed by atoms with Crippen molar-refractivity contribution >= 4 is 0 Å². The van der Waals surface area contributed by atoms with Gasteiger partial charge in [0.25, 0.3) is 0 Å². The van der Waals surface area contributed by atoms with Crippen molar-refractivity contribution in [1.82, 2.24) is 0 Å². The third kappa shape index (κ3) is 1.99. The highest BCUT2D eigenvalue weighted by molar-refractivity contribution is 5.67. The molecule has 0 saturated heterocycles. The van der Waals surface area contributed by atoms with Crippen LogP contribution in [0.1, 0.15) is 16.7 Å². The van der Waals surface area contributed by atoms with Crippen molar-refractivity contribution in [2.45, 2.75) is 20.8 Å². The van der Waals surface area contributed by atoms with Crippen LogP contribution in [0.5, 0.6) is 0 Å². The first-order chi connectivity index (χ1) is 7.58. The minimum absolute atomic E-state index is 1.31. The number of rotatable bonds is 1. The first-order valence-electron chi connectivity index (χ1n) is 5.61. The SMILES string of the molecule is Cc1ccc(-c2cc[n+](C)cc2C)cc1C. The molecule has 1 aromatic heterocycles. The number of nitrogens with zero attached hydrogens (tertiary/aromatic N) is 1. The minimum Gasteiger partial charge on any atom is -0.207 e. The van der Waals surface area contributed by atoms with Crippen molar-refractivity contribution < 1.29 is 4.57 Å². The molecule has 0 unspecified atom stereocenters. The van der Waals surface area contributed by atoms with E-state index in [1.54, 1.807) is 0 Å². The van der Waals surface area contributed by atoms with Crippen molar-refractivity contribution in [3.63, 3.8) is 0 Å². The summed E-state index contributed by atoms with van der Waals surface area (Å²) in [5.41, 5.74) is 6.64. The Balaban J connectivity index is 2.54. The quantitative estimate of drug-likeness (QED) is 0.639. The van der Waals surface area contributed by atoms with Gasteiger partial charge in [0.1, 0.15) is 7.05 Å². The molecule has 1 heteroatoms. The Kier molecular flexibility index (Phi) is 2.78. The molecule has 1 heterocycles. The van der Waals surface area contributed by atoms with E-state index >= 15 is 0 Å². The summed E-state index contributed by atoms with van der Waals surface area (Å²) in [6.07, 6.45) is 4.25. The Hall–Kier alpha value is -1.63. The van der Waals surface area contributed by atoms with Crippen LogP contribution in [0, 0.1) is 20.8 Å². The first-order valence-corrected chi connectivity index (χ1v) is 5.61. The highest BCUT2D eigenvalue weighted by Crippen LogP contribution is 2.23. The molecule has 2 aromatic rings. The van der Waals surface area contributed by atoms with Crippen LogP contribution in [-0.4, -0.2) is 0 Å². The maximum Gasteiger partial charge on any atom is 0.172 e. The molecule has 0 N–H and O–H groups in total. The lowest BCUT2D eigenvalue weighted by Gasteiger charge is -2.07. The summed E-state index contributed by atoms with van der Waals surface area (Å²) >= 11 is 0. The van der Waals surface area contributed by atoms with Crippen molar-refractivity contribution in [2.24, 2.45) is 7.05 Å². The van der Waals surface area contributed by atoms with Gasteiger partial charge >= 0.3 is 0 Å². The summed E-state index contributed by atoms with van der Waals surface area (Å²) in [4.78, 5) is 0. The average molecular weight is 212 g/mol. The highest BCUT2D eigenvalue weighted by Gasteiger charge is 2.06. The molecule has 0 amide bonds. The fourth-order valence-electron chi connectivity index (χ4n) is 1.97. The van der Waals surface area contributed by atoms with Gasteiger partial charge < -0.3 is 0 Å². The lowest BCUT2D eigenvalue weighted by molar-refractivity contribution is -0.671. The van der Waals surface area contributed by atoms with E-state index in [0.29, 0.717) is 0 Å². The highest BCUT2D eigenvalue weighted by atomic mass is 14.9. The van der Waals surface area contributed by atoms with Gasteiger partial charge in [0, 0.05) is 11.6 Å². The number of pyridine rings is 1. The van der Waals surface area contributed by atoms with Crippen molar-refractivity contribution in [2.75, 3.05) is 0 Å². The van der Waals surface area contributed by atoms with E-state index < -0.39 is 0 Å². The smallest absolute Gasteiger partial charge is 0.172 e. The van der Waals surface area contributed by atoms with E-state index in [9.17, 15) is 0 Å². The Morgan fingerprint density at radius 3 is 2.25 bits per heavy atom. The lowest BCUT2D eigenvalue weighted by atomic mass is 9.98. The van der Waals surface area contributed by atoms with E-state index in [1.807, 2.05) is 0 Å². The Morgan fingerprint density at radius 2 is 1.62 bits per heavy atom. The van der Waals surface area contributed by atoms with Crippen LogP contribution in [0.15, 0.2) is 36.7 Å². The summed E-state index contributed by atoms with van der Waals surface area (Å²) in [5, 5.41) is 0. The van der Waals surface area contributed by atoms with Gasteiger partial charge in [-0.25, -0.2) is 4.57 Å². The van der Waals surface area contributed by atoms with E-state index in [-0.39, 0.29) is 0 Å². The zero-order chi connectivity index (χ0) is 11.7. The van der Waals surface area contributed by atoms with E-state index in [2.05, 4.69) is 69.0 Å². The van der Waals surface area contributed by atoms with Crippen LogP contribution in [0.2, 0.25) is 0 Å². The van der Waals surface area contributed by atoms with Gasteiger partial charge in [0.05, 0.1) is 0 Å². The number of aromatic nitrogens is 1. The molecule has 1 aromatic carbocycles. The average Bonchev–Trinajstić information content (AvgIpc) is 2.22. The third-order valence-electron chi connectivity index (χ3n) is 3.12. The maximum atomic E-state index is 2.26. The second-order valence-electron chi connectivity index (χ2n) is 4.51. The monoisotopic (exact) mass is 212 g/mol. The summed E-state index contributed by atoms with van der Waals surface area (Å²) < 4.78 is 2.08. The number of benzene rings is 1. The van der Waals surface area contributed by atoms with Crippen LogP contribution in [0.25, 0.3) is 11.1 Å². The van der Waals surface area contributed by atoms with Crippen LogP contribution in [0.3, 0.4) is 0 Å². The normalized spacial score (nSPS) is 10.5. The Labute approximate surface area is 97.4 Å². The summed E-state index contributed by atoms with van der Waals surface area (Å²) in [6, 6.07) is 8.83. The first kappa shape index (κ1) is 10.9. The van der Waals surface area contributed by atoms with Gasteiger partial charge in [-0.15, -0.1) is 0 Å². The minimum atomic E-state index is 1.31. The summed E-state index contributed by atoms with van der Waals surface area (Å²) in [7, 11) is 2.05. The van der Waals surface area contributed by atoms with E-state index in [0.717, 1.165) is 0 Å². The van der Waals surface area contributed by atoms with Gasteiger partial charge in [-0.3, -0.25) is 0 Å². The molecule has 0 saturated carbocycles. The molecule has 16 heavy (non-hydrogen) atoms. The fraction of sp³-hybridized carbons (Fsp3) is 0.267. The molecule has 0 atom stereocenters. The molecule has 0 aliphatic heterocycles. The van der Waals surface area contributed by atoms with Crippen molar-refractivity contribution in [3.05, 3.63) is 53.3 Å². The predicted octanol–water partition coefficient (Wildman–Crippen LogP) is 3.10. The molecule has 0 aliphatic carbocycles. The third-order valence-corrected chi connectivity index (χ3v) is 3.12. The van der Waals surface area contributed by atoms with E-state index in [4.69, 9.17) is 0 Å². The van der Waals surface area contributed by atoms with E-state index in [1.165, 1.54) is 27.8 Å². The van der Waals surface area contributed by atoms with Gasteiger partial charge in [-0.1, -0.05) is 18.2 Å². The molecule has 2 rings (SSSR count). The Morgan fingerprint density at radius 1 is 0.875 bits per heavy atom. The lowest BCUT2D eigenvalue weighted by Crippen LogP contribution is -2.26. The molecular formula is C15H18N+. The molecule has 82 valence electrons. The molecular weight excluding hydrogens is 194 g/mol. The van der Waals surface area contributed by atoms with Gasteiger partial charge in [0.2, 0.25) is 0 Å². The summed E-state index contributed by atoms with van der Waals surface area (Å²) in [5.74, 6) is 0. The van der Waals surface area contributed by atoms with Gasteiger partial charge in [-0.2, -0.15) is 0 Å². The number of hydrogen-bond donors (Lipinski definition) is 0. The summed E-state index contributed by atoms with van der Waals surface area (Å²) in [6.45, 7) is 6.47. The molecule has 0 radical (unpaired) electrons. The molecule has 0 bridgehead atoms. The van der Waals surface area contributed by atoms with Crippen molar-refractivity contribution in [1.29, 1.82) is 0 Å². The zero-order valence-electron chi connectivity index (χ0n) is 10.4. The van der Waals surface area contributed by atoms with Crippen LogP contribution < -0.4 is 4.57 Å². The fourth-order valence-corrected chi connectivity index (χ4v) is 1.97. The Bertz CT molecular complexity index is 527. The van der Waals surface area contributed by atoms with Crippen molar-refractivity contribution in [3.8, 4) is 11.1 Å². The topological polar surface area (TPSA) is 3.88 Å². The van der Waals surface area contributed by atoms with Crippen LogP contribution >= 0.6 is 0 Å². The number of hydrogen-bond acceptors (Lipinski definition) is 0. The largest absolute Gasteiger partial charge is 0.207 e. The molecule has 0 fully saturated rings. The standard InChI is InChI=1S/C15H18N/c1-11-5-6-14(9-12(11)2)15-7-8-16(4)10-13(15)3/h5-10H,1-4H3/q+1. The molecule has 0 aliphatic rings. The second-order valence-corrected chi connectivity index (χ2v) is 4.51. The second kappa shape index (κ2) is 4.09. The van der Waals surface area contributed by atoms with Crippen LogP contribution in [0.4, 0.5) is 0 Å². The van der Waals surface area contributed by atoms with Gasteiger partial charge in [0.15, 0.2) is 12.4 Å². The maximum absolute atomic E-state index is 2.26. The van der Waals surface area contributed by atoms with Gasteiger partial charge in [-0.05, 0) is 43.0 Å². The number of aryl methyl sites for hydroxylation is 4. The molecule has 1 nitrogen and oxygen atoms in total.